The van der Waals surface area contributed by atoms with E-state index in [-0.39, 0.29) is 11.4 Å². The van der Waals surface area contributed by atoms with Crippen molar-refractivity contribution in [3.05, 3.63) is 0 Å². The Bertz CT molecular complexity index is 376. The van der Waals surface area contributed by atoms with Crippen LogP contribution in [0.15, 0.2) is 0 Å². The fraction of sp³-hybridized carbons (Fsp3) is 1.00. The van der Waals surface area contributed by atoms with E-state index in [1.54, 1.807) is 0 Å². The summed E-state index contributed by atoms with van der Waals surface area (Å²) in [5, 5.41) is 17.8. The van der Waals surface area contributed by atoms with Crippen molar-refractivity contribution in [2.45, 2.75) is 73.0 Å². The van der Waals surface area contributed by atoms with Crippen molar-refractivity contribution >= 4 is 21.4 Å². The Morgan fingerprint density at radius 3 is 2.00 bits per heavy atom. The SMILES string of the molecule is O=S(=O)(C1CCC(O)CC1)C1CCC(O)C(Cl)C1. The highest BCUT2D eigenvalue weighted by molar-refractivity contribution is 7.92. The summed E-state index contributed by atoms with van der Waals surface area (Å²) >= 11 is 5.98. The molecule has 0 aromatic heterocycles. The largest absolute Gasteiger partial charge is 0.393 e. The summed E-state index contributed by atoms with van der Waals surface area (Å²) in [5.74, 6) is 0. The van der Waals surface area contributed by atoms with Gasteiger partial charge in [0.25, 0.3) is 0 Å². The van der Waals surface area contributed by atoms with Gasteiger partial charge in [0.2, 0.25) is 0 Å². The van der Waals surface area contributed by atoms with E-state index in [4.69, 9.17) is 11.6 Å². The third kappa shape index (κ3) is 3.00. The standard InChI is InChI=1S/C12H21ClO4S/c13-11-7-10(5-6-12(11)15)18(16,17)9-3-1-8(14)2-4-9/h8-12,14-15H,1-7H2. The number of rotatable bonds is 2. The molecule has 2 N–H and O–H groups in total. The lowest BCUT2D eigenvalue weighted by molar-refractivity contribution is 0.129. The first-order chi connectivity index (χ1) is 8.41. The van der Waals surface area contributed by atoms with Gasteiger partial charge in [-0.15, -0.1) is 11.6 Å². The summed E-state index contributed by atoms with van der Waals surface area (Å²) in [6, 6.07) is 0. The molecule has 4 nitrogen and oxygen atoms in total. The molecule has 0 spiro atoms. The van der Waals surface area contributed by atoms with Crippen molar-refractivity contribution in [3.63, 3.8) is 0 Å². The molecule has 2 fully saturated rings. The molecule has 0 amide bonds. The first-order valence-corrected chi connectivity index (χ1v) is 8.68. The highest BCUT2D eigenvalue weighted by Gasteiger charge is 2.40. The minimum absolute atomic E-state index is 0.329. The van der Waals surface area contributed by atoms with Crippen LogP contribution in [-0.2, 0) is 9.84 Å². The lowest BCUT2D eigenvalue weighted by Crippen LogP contribution is -2.42. The second kappa shape index (κ2) is 5.65. The van der Waals surface area contributed by atoms with Crippen LogP contribution in [-0.4, -0.2) is 46.7 Å². The molecule has 2 rings (SSSR count). The maximum absolute atomic E-state index is 12.5. The Labute approximate surface area is 113 Å². The van der Waals surface area contributed by atoms with Crippen LogP contribution in [0.4, 0.5) is 0 Å². The van der Waals surface area contributed by atoms with Crippen molar-refractivity contribution in [3.8, 4) is 0 Å². The van der Waals surface area contributed by atoms with E-state index < -0.39 is 26.6 Å². The second-order valence-corrected chi connectivity index (χ2v) is 8.61. The van der Waals surface area contributed by atoms with Gasteiger partial charge in [0.1, 0.15) is 0 Å². The smallest absolute Gasteiger partial charge is 0.156 e. The maximum Gasteiger partial charge on any atom is 0.156 e. The lowest BCUT2D eigenvalue weighted by Gasteiger charge is -2.33. The first kappa shape index (κ1) is 14.6. The van der Waals surface area contributed by atoms with Gasteiger partial charge in [-0.05, 0) is 44.9 Å². The molecule has 0 heterocycles. The maximum atomic E-state index is 12.5. The highest BCUT2D eigenvalue weighted by Crippen LogP contribution is 2.34. The van der Waals surface area contributed by atoms with Gasteiger partial charge in [-0.3, -0.25) is 0 Å². The van der Waals surface area contributed by atoms with Gasteiger partial charge in [0, 0.05) is 0 Å². The molecule has 0 radical (unpaired) electrons. The van der Waals surface area contributed by atoms with Gasteiger partial charge in [-0.25, -0.2) is 8.42 Å². The van der Waals surface area contributed by atoms with Gasteiger partial charge < -0.3 is 10.2 Å². The van der Waals surface area contributed by atoms with Gasteiger partial charge in [-0.2, -0.15) is 0 Å². The van der Waals surface area contributed by atoms with E-state index in [9.17, 15) is 18.6 Å². The van der Waals surface area contributed by atoms with Crippen molar-refractivity contribution in [1.29, 1.82) is 0 Å². The van der Waals surface area contributed by atoms with Crippen LogP contribution in [0.1, 0.15) is 44.9 Å². The lowest BCUT2D eigenvalue weighted by atomic mass is 9.96. The molecule has 106 valence electrons. The number of aliphatic hydroxyl groups excluding tert-OH is 2. The summed E-state index contributed by atoms with van der Waals surface area (Å²) < 4.78 is 25.0. The Morgan fingerprint density at radius 2 is 1.44 bits per heavy atom. The molecule has 2 aliphatic rings. The van der Waals surface area contributed by atoms with E-state index in [0.29, 0.717) is 44.9 Å². The van der Waals surface area contributed by atoms with Gasteiger partial charge >= 0.3 is 0 Å². The third-order valence-corrected chi connectivity index (χ3v) is 7.49. The molecule has 0 aromatic carbocycles. The van der Waals surface area contributed by atoms with Gasteiger partial charge in [-0.1, -0.05) is 0 Å². The summed E-state index contributed by atoms with van der Waals surface area (Å²) in [6.07, 6.45) is 2.65. The zero-order valence-electron chi connectivity index (χ0n) is 10.3. The molecule has 2 saturated carbocycles. The predicted octanol–water partition coefficient (Wildman–Crippen LogP) is 1.23. The van der Waals surface area contributed by atoms with Crippen LogP contribution >= 0.6 is 11.6 Å². The Morgan fingerprint density at radius 1 is 0.889 bits per heavy atom. The topological polar surface area (TPSA) is 74.6 Å². The van der Waals surface area contributed by atoms with Crippen molar-refractivity contribution in [1.82, 2.24) is 0 Å². The minimum Gasteiger partial charge on any atom is -0.393 e. The van der Waals surface area contributed by atoms with Crippen LogP contribution in [0.25, 0.3) is 0 Å². The molecule has 2 aliphatic carbocycles. The van der Waals surface area contributed by atoms with E-state index in [1.165, 1.54) is 0 Å². The quantitative estimate of drug-likeness (QED) is 0.752. The fourth-order valence-corrected chi connectivity index (χ4v) is 5.87. The third-order valence-electron chi connectivity index (χ3n) is 4.26. The Kier molecular flexibility index (Phi) is 4.57. The Balaban J connectivity index is 2.02. The molecule has 6 heteroatoms. The zero-order chi connectivity index (χ0) is 13.3. The van der Waals surface area contributed by atoms with Crippen LogP contribution in [0, 0.1) is 0 Å². The summed E-state index contributed by atoms with van der Waals surface area (Å²) in [5.41, 5.74) is 0. The normalized spacial score (nSPS) is 42.7. The average Bonchev–Trinajstić information content (AvgIpc) is 2.33. The van der Waals surface area contributed by atoms with E-state index in [2.05, 4.69) is 0 Å². The van der Waals surface area contributed by atoms with Crippen molar-refractivity contribution in [2.24, 2.45) is 0 Å². The number of halogens is 1. The van der Waals surface area contributed by atoms with Crippen molar-refractivity contribution in [2.75, 3.05) is 0 Å². The average molecular weight is 297 g/mol. The summed E-state index contributed by atoms with van der Waals surface area (Å²) in [6.45, 7) is 0. The molecule has 0 bridgehead atoms. The number of alkyl halides is 1. The van der Waals surface area contributed by atoms with E-state index in [1.807, 2.05) is 0 Å². The molecule has 0 aromatic rings. The van der Waals surface area contributed by atoms with E-state index in [0.717, 1.165) is 0 Å². The van der Waals surface area contributed by atoms with Crippen molar-refractivity contribution < 1.29 is 18.6 Å². The van der Waals surface area contributed by atoms with Gasteiger partial charge in [0.05, 0.1) is 28.1 Å². The zero-order valence-corrected chi connectivity index (χ0v) is 11.9. The van der Waals surface area contributed by atoms with Crippen LogP contribution in [0.2, 0.25) is 0 Å². The molecule has 0 aliphatic heterocycles. The number of aliphatic hydroxyl groups is 2. The summed E-state index contributed by atoms with van der Waals surface area (Å²) in [4.78, 5) is 0. The van der Waals surface area contributed by atoms with Crippen LogP contribution in [0.5, 0.6) is 0 Å². The Hall–Kier alpha value is 0.160. The van der Waals surface area contributed by atoms with Gasteiger partial charge in [0.15, 0.2) is 9.84 Å². The molecule has 3 atom stereocenters. The second-order valence-electron chi connectivity index (χ2n) is 5.54. The number of hydrogen-bond donors (Lipinski definition) is 2. The first-order valence-electron chi connectivity index (χ1n) is 6.64. The molecule has 0 saturated heterocycles. The number of sulfone groups is 1. The fourth-order valence-electron chi connectivity index (χ4n) is 3.01. The highest BCUT2D eigenvalue weighted by atomic mass is 35.5. The molecular formula is C12H21ClO4S. The molecular weight excluding hydrogens is 276 g/mol. The molecule has 3 unspecified atom stereocenters. The van der Waals surface area contributed by atoms with Crippen LogP contribution in [0.3, 0.4) is 0 Å². The number of hydrogen-bond acceptors (Lipinski definition) is 4. The monoisotopic (exact) mass is 296 g/mol. The minimum atomic E-state index is -3.17. The van der Waals surface area contributed by atoms with Crippen LogP contribution < -0.4 is 0 Å². The van der Waals surface area contributed by atoms with E-state index >= 15 is 0 Å². The molecule has 18 heavy (non-hydrogen) atoms. The predicted molar refractivity (Wildman–Crippen MR) is 70.5 cm³/mol. The summed E-state index contributed by atoms with van der Waals surface area (Å²) in [7, 11) is -3.17.